The molecule has 3 aliphatic rings. The fourth-order valence-corrected chi connectivity index (χ4v) is 11.9. The van der Waals surface area contributed by atoms with Crippen molar-refractivity contribution in [3.8, 4) is 11.1 Å². The summed E-state index contributed by atoms with van der Waals surface area (Å²) in [5, 5.41) is 14.6. The Morgan fingerprint density at radius 2 is 1.54 bits per heavy atom. The van der Waals surface area contributed by atoms with E-state index in [0.717, 1.165) is 12.1 Å². The second-order valence-electron chi connectivity index (χ2n) is 18.6. The van der Waals surface area contributed by atoms with Crippen molar-refractivity contribution in [3.05, 3.63) is 87.3 Å². The molecule has 382 valence electrons. The van der Waals surface area contributed by atoms with Gasteiger partial charge in [0.05, 0.1) is 60.2 Å². The van der Waals surface area contributed by atoms with E-state index in [9.17, 15) is 61.1 Å². The van der Waals surface area contributed by atoms with E-state index in [1.54, 1.807) is 5.32 Å². The smallest absolute Gasteiger partial charge is 0.374 e. The van der Waals surface area contributed by atoms with Crippen LogP contribution in [0.1, 0.15) is 88.7 Å². The van der Waals surface area contributed by atoms with E-state index in [1.165, 1.54) is 45.0 Å². The van der Waals surface area contributed by atoms with Crippen LogP contribution in [-0.2, 0) is 44.0 Å². The number of allylic oxidation sites excluding steroid dienone is 2. The molecule has 3 aliphatic carbocycles. The molecule has 12 nitrogen and oxygen atoms in total. The first kappa shape index (κ1) is 52.8. The third-order valence-corrected chi connectivity index (χ3v) is 18.2. The Balaban J connectivity index is 1.40. The number of fused-ring (bicyclic) bond motifs is 1. The van der Waals surface area contributed by atoms with Gasteiger partial charge in [-0.3, -0.25) is 24.6 Å². The summed E-state index contributed by atoms with van der Waals surface area (Å²) in [6.45, 7) is 1.22. The highest BCUT2D eigenvalue weighted by molar-refractivity contribution is 7.94. The summed E-state index contributed by atoms with van der Waals surface area (Å²) < 4.78 is 214. The summed E-state index contributed by atoms with van der Waals surface area (Å²) in [5.74, 6) is -12.8. The van der Waals surface area contributed by atoms with Crippen LogP contribution in [0, 0.1) is 17.0 Å². The van der Waals surface area contributed by atoms with E-state index < -0.39 is 143 Å². The molecule has 0 radical (unpaired) electrons. The van der Waals surface area contributed by atoms with Gasteiger partial charge in [0.2, 0.25) is 15.9 Å². The zero-order valence-corrected chi connectivity index (χ0v) is 39.7. The van der Waals surface area contributed by atoms with Crippen LogP contribution in [-0.4, -0.2) is 89.0 Å². The van der Waals surface area contributed by atoms with Crippen LogP contribution < -0.4 is 15.4 Å². The molecule has 0 aliphatic heterocycles. The van der Waals surface area contributed by atoms with Gasteiger partial charge in [-0.15, -0.1) is 0 Å². The van der Waals surface area contributed by atoms with Crippen molar-refractivity contribution in [2.75, 3.05) is 11.3 Å². The number of benzene rings is 2. The van der Waals surface area contributed by atoms with Gasteiger partial charge in [0.25, 0.3) is 18.3 Å². The van der Waals surface area contributed by atoms with Crippen LogP contribution in [0.15, 0.2) is 53.7 Å². The molecule has 2 fully saturated rings. The first-order chi connectivity index (χ1) is 32.3. The average Bonchev–Trinajstić information content (AvgIpc) is 4.18. The Labute approximate surface area is 399 Å². The van der Waals surface area contributed by atoms with Gasteiger partial charge in [0.15, 0.2) is 15.7 Å². The van der Waals surface area contributed by atoms with Gasteiger partial charge >= 0.3 is 6.18 Å². The van der Waals surface area contributed by atoms with Gasteiger partial charge in [-0.25, -0.2) is 43.2 Å². The molecule has 7 rings (SSSR count). The van der Waals surface area contributed by atoms with Crippen molar-refractivity contribution in [1.82, 2.24) is 25.4 Å². The number of nitrogens with one attached hydrogen (secondary N) is 4. The summed E-state index contributed by atoms with van der Waals surface area (Å²) >= 11 is 6.60. The number of anilines is 1. The fraction of sp³-hybridized carbons (Fsp3) is 0.500. The molecular formula is C44H45ClF11N7O5S2. The van der Waals surface area contributed by atoms with E-state index in [4.69, 9.17) is 22.0 Å². The molecule has 0 bridgehead atoms. The van der Waals surface area contributed by atoms with Gasteiger partial charge < -0.3 is 10.6 Å². The molecule has 2 heterocycles. The number of pyridine rings is 1. The number of halogens is 12. The van der Waals surface area contributed by atoms with E-state index in [0.29, 0.717) is 23.6 Å². The van der Waals surface area contributed by atoms with E-state index in [2.05, 4.69) is 15.1 Å². The van der Waals surface area contributed by atoms with Crippen LogP contribution in [0.3, 0.4) is 0 Å². The molecule has 4 aromatic rings. The first-order valence-electron chi connectivity index (χ1n) is 21.6. The summed E-state index contributed by atoms with van der Waals surface area (Å²) in [4.78, 5) is 18.7. The Morgan fingerprint density at radius 1 is 0.929 bits per heavy atom. The Hall–Kier alpha value is -5.04. The number of sulfonamides is 1. The van der Waals surface area contributed by atoms with Crippen molar-refractivity contribution in [2.24, 2.45) is 0 Å². The molecule has 0 unspecified atom stereocenters. The predicted octanol–water partition coefficient (Wildman–Crippen LogP) is 9.77. The molecule has 1 amide bonds. The maximum atomic E-state index is 15.3. The standard InChI is InChI=1S/C44H45ClF11N7O5S2/c1-40(2,69(65,66)26-5-6-26)11-10-25-4-7-27(28-8-9-29(45)32-36(28)63(21-44(54,55)56)61-39(32)62-70(67,68)41(3)12-13-41)35(59-25)30(18-22-16-23(46)19-24(47)17-22)60-31(64)20-58-37-33(34(57)38(48)49)42(50,51)14-15-43(37,52)53/h4,7-9,16-17,19,26,30,38,57-58H,5-6,10-15,18,20-21H2,1-3H3,(H,60,64)(H,61,62)/t30-/m0/s1. The highest BCUT2D eigenvalue weighted by Gasteiger charge is 2.54. The number of alkyl halides is 9. The van der Waals surface area contributed by atoms with Crippen LogP contribution in [0.4, 0.5) is 54.1 Å². The monoisotopic (exact) mass is 1060 g/mol. The molecule has 2 aromatic carbocycles. The molecule has 26 heteroatoms. The van der Waals surface area contributed by atoms with Crippen LogP contribution in [0.2, 0.25) is 5.02 Å². The lowest BCUT2D eigenvalue weighted by atomic mass is 9.86. The van der Waals surface area contributed by atoms with Gasteiger partial charge in [-0.1, -0.05) is 23.7 Å². The second-order valence-corrected chi connectivity index (χ2v) is 24.0. The minimum atomic E-state index is -5.00. The van der Waals surface area contributed by atoms with Crippen LogP contribution in [0.25, 0.3) is 22.0 Å². The van der Waals surface area contributed by atoms with E-state index in [1.807, 2.05) is 0 Å². The quantitative estimate of drug-likeness (QED) is 0.0530. The van der Waals surface area contributed by atoms with Crippen molar-refractivity contribution < 1.29 is 69.9 Å². The number of sulfone groups is 1. The highest BCUT2D eigenvalue weighted by atomic mass is 35.5. The lowest BCUT2D eigenvalue weighted by Crippen LogP contribution is -2.47. The second kappa shape index (κ2) is 18.5. The van der Waals surface area contributed by atoms with Gasteiger partial charge in [0, 0.05) is 35.7 Å². The van der Waals surface area contributed by atoms with E-state index >= 15 is 8.78 Å². The summed E-state index contributed by atoms with van der Waals surface area (Å²) in [6.07, 6.45) is -11.6. The molecule has 0 saturated heterocycles. The third kappa shape index (κ3) is 10.9. The van der Waals surface area contributed by atoms with Crippen molar-refractivity contribution in [3.63, 3.8) is 0 Å². The minimum Gasteiger partial charge on any atom is -0.374 e. The number of hydrogen-bond acceptors (Lipinski definition) is 9. The average molecular weight is 1060 g/mol. The lowest BCUT2D eigenvalue weighted by molar-refractivity contribution is -0.141. The number of hydrogen-bond donors (Lipinski definition) is 4. The SMILES string of the molecule is CC1(S(=O)(=O)Nc2nn(CC(F)(F)F)c3c(-c4ccc(CCC(C)(C)S(=O)(=O)C5CC5)nc4[C@H](Cc4cc(F)cc(F)c4)NC(=O)CNC4=C(C(=N)C(F)F)C(F)(F)CCC4(F)F)ccc(Cl)c23)CC1. The molecule has 0 spiro atoms. The molecule has 2 aromatic heterocycles. The number of carbonyl (C=O) groups is 1. The third-order valence-electron chi connectivity index (χ3n) is 12.7. The number of nitrogens with zero attached hydrogens (tertiary/aromatic N) is 3. The van der Waals surface area contributed by atoms with E-state index in [-0.39, 0.29) is 64.2 Å². The number of carbonyl (C=O) groups excluding carboxylic acids is 1. The number of aryl methyl sites for hydroxylation is 1. The van der Waals surface area contributed by atoms with Crippen molar-refractivity contribution in [2.45, 2.75) is 130 Å². The fourth-order valence-electron chi connectivity index (χ4n) is 8.28. The molecule has 70 heavy (non-hydrogen) atoms. The zero-order valence-electron chi connectivity index (χ0n) is 37.3. The minimum absolute atomic E-state index is 0.0520. The predicted molar refractivity (Wildman–Crippen MR) is 237 cm³/mol. The highest BCUT2D eigenvalue weighted by Crippen LogP contribution is 2.48. The van der Waals surface area contributed by atoms with Crippen LogP contribution >= 0.6 is 11.6 Å². The van der Waals surface area contributed by atoms with Crippen LogP contribution in [0.5, 0.6) is 0 Å². The number of rotatable bonds is 19. The first-order valence-corrected chi connectivity index (χ1v) is 25.0. The Kier molecular flexibility index (Phi) is 14.0. The summed E-state index contributed by atoms with van der Waals surface area (Å²) in [7, 11) is -7.96. The molecule has 2 saturated carbocycles. The summed E-state index contributed by atoms with van der Waals surface area (Å²) in [5.41, 5.74) is -7.20. The molecule has 4 N–H and O–H groups in total. The van der Waals surface area contributed by atoms with Gasteiger partial charge in [-0.05, 0) is 95.5 Å². The van der Waals surface area contributed by atoms with Gasteiger partial charge in [0.1, 0.15) is 23.9 Å². The van der Waals surface area contributed by atoms with Gasteiger partial charge in [-0.2, -0.15) is 27.1 Å². The molecule has 1 atom stereocenters. The van der Waals surface area contributed by atoms with Crippen molar-refractivity contribution >= 4 is 59.8 Å². The maximum absolute atomic E-state index is 15.3. The Morgan fingerprint density at radius 3 is 2.13 bits per heavy atom. The topological polar surface area (TPSA) is 176 Å². The normalized spacial score (nSPS) is 18.5. The van der Waals surface area contributed by atoms with Crippen molar-refractivity contribution in [1.29, 1.82) is 5.41 Å². The zero-order chi connectivity index (χ0) is 51.7. The largest absolute Gasteiger partial charge is 0.408 e. The summed E-state index contributed by atoms with van der Waals surface area (Å²) in [6, 6.07) is 5.57. The molecular weight excluding hydrogens is 1020 g/mol. The lowest BCUT2D eigenvalue weighted by Gasteiger charge is -2.34. The maximum Gasteiger partial charge on any atom is 0.408 e. The number of amides is 1. The Bertz CT molecular complexity index is 2990. The number of aromatic nitrogens is 3.